The molecule has 4 N–H and O–H groups in total. The lowest BCUT2D eigenvalue weighted by atomic mass is 10.0. The van der Waals surface area contributed by atoms with Gasteiger partial charge in [0.2, 0.25) is 5.91 Å². The van der Waals surface area contributed by atoms with Crippen molar-refractivity contribution >= 4 is 5.91 Å². The zero-order valence-electron chi connectivity index (χ0n) is 9.12. The van der Waals surface area contributed by atoms with E-state index in [1.165, 1.54) is 0 Å². The molecule has 1 amide bonds. The van der Waals surface area contributed by atoms with Crippen LogP contribution < -0.4 is 11.1 Å². The zero-order chi connectivity index (χ0) is 11.0. The van der Waals surface area contributed by atoms with Gasteiger partial charge in [-0.15, -0.1) is 0 Å². The predicted molar refractivity (Wildman–Crippen MR) is 56.7 cm³/mol. The van der Waals surface area contributed by atoms with E-state index in [1.807, 2.05) is 13.8 Å². The molecule has 0 bridgehead atoms. The number of aliphatic hydroxyl groups excluding tert-OH is 1. The van der Waals surface area contributed by atoms with Crippen molar-refractivity contribution in [3.8, 4) is 0 Å². The third-order valence-electron chi connectivity index (χ3n) is 2.23. The van der Waals surface area contributed by atoms with Crippen LogP contribution in [0.25, 0.3) is 0 Å². The molecule has 0 aliphatic carbocycles. The van der Waals surface area contributed by atoms with Gasteiger partial charge in [-0.25, -0.2) is 0 Å². The largest absolute Gasteiger partial charge is 0.396 e. The summed E-state index contributed by atoms with van der Waals surface area (Å²) in [5, 5.41) is 11.6. The van der Waals surface area contributed by atoms with Crippen molar-refractivity contribution in [2.45, 2.75) is 26.7 Å². The van der Waals surface area contributed by atoms with Crippen molar-refractivity contribution in [3.63, 3.8) is 0 Å². The fourth-order valence-corrected chi connectivity index (χ4v) is 1.07. The average Bonchev–Trinajstić information content (AvgIpc) is 2.21. The molecule has 0 radical (unpaired) electrons. The summed E-state index contributed by atoms with van der Waals surface area (Å²) < 4.78 is 0. The van der Waals surface area contributed by atoms with Crippen LogP contribution in [0.5, 0.6) is 0 Å². The molecule has 0 fully saturated rings. The molecule has 0 aromatic rings. The van der Waals surface area contributed by atoms with Gasteiger partial charge in [-0.1, -0.05) is 13.8 Å². The third-order valence-corrected chi connectivity index (χ3v) is 2.23. The minimum atomic E-state index is 0.0180. The summed E-state index contributed by atoms with van der Waals surface area (Å²) in [6.45, 7) is 5.07. The SMILES string of the molecule is CC(CO)CNC(=O)C(C)CCCN. The molecule has 84 valence electrons. The second-order valence-electron chi connectivity index (χ2n) is 3.86. The number of rotatable bonds is 7. The van der Waals surface area contributed by atoms with Crippen LogP contribution in [0, 0.1) is 11.8 Å². The molecule has 4 heteroatoms. The fourth-order valence-electron chi connectivity index (χ4n) is 1.07. The Balaban J connectivity index is 3.61. The van der Waals surface area contributed by atoms with E-state index in [4.69, 9.17) is 10.8 Å². The number of carbonyl (C=O) groups is 1. The molecule has 0 aromatic heterocycles. The van der Waals surface area contributed by atoms with Crippen LogP contribution in [0.1, 0.15) is 26.7 Å². The minimum absolute atomic E-state index is 0.0180. The summed E-state index contributed by atoms with van der Waals surface area (Å²) in [6, 6.07) is 0. The maximum atomic E-state index is 11.4. The summed E-state index contributed by atoms with van der Waals surface area (Å²) in [4.78, 5) is 11.4. The molecule has 0 aliphatic rings. The Morgan fingerprint density at radius 2 is 2.14 bits per heavy atom. The van der Waals surface area contributed by atoms with Gasteiger partial charge >= 0.3 is 0 Å². The monoisotopic (exact) mass is 202 g/mol. The molecular weight excluding hydrogens is 180 g/mol. The van der Waals surface area contributed by atoms with E-state index in [0.29, 0.717) is 13.1 Å². The highest BCUT2D eigenvalue weighted by Gasteiger charge is 2.12. The van der Waals surface area contributed by atoms with Crippen LogP contribution in [0.2, 0.25) is 0 Å². The smallest absolute Gasteiger partial charge is 0.222 e. The highest BCUT2D eigenvalue weighted by Crippen LogP contribution is 2.04. The summed E-state index contributed by atoms with van der Waals surface area (Å²) in [7, 11) is 0. The van der Waals surface area contributed by atoms with Crippen LogP contribution in [0.15, 0.2) is 0 Å². The summed E-state index contributed by atoms with van der Waals surface area (Å²) >= 11 is 0. The molecule has 0 aliphatic heterocycles. The van der Waals surface area contributed by atoms with Gasteiger partial charge < -0.3 is 16.2 Å². The summed E-state index contributed by atoms with van der Waals surface area (Å²) in [5.74, 6) is 0.198. The number of hydrogen-bond acceptors (Lipinski definition) is 3. The van der Waals surface area contributed by atoms with E-state index in [0.717, 1.165) is 12.8 Å². The van der Waals surface area contributed by atoms with Crippen LogP contribution in [0.3, 0.4) is 0 Å². The average molecular weight is 202 g/mol. The van der Waals surface area contributed by atoms with Gasteiger partial charge in [-0.2, -0.15) is 0 Å². The number of amides is 1. The zero-order valence-corrected chi connectivity index (χ0v) is 9.12. The van der Waals surface area contributed by atoms with E-state index < -0.39 is 0 Å². The van der Waals surface area contributed by atoms with E-state index in [2.05, 4.69) is 5.32 Å². The maximum Gasteiger partial charge on any atom is 0.222 e. The van der Waals surface area contributed by atoms with Crippen LogP contribution in [-0.4, -0.2) is 30.7 Å². The first-order valence-corrected chi connectivity index (χ1v) is 5.20. The molecule has 0 spiro atoms. The van der Waals surface area contributed by atoms with Gasteiger partial charge in [0.25, 0.3) is 0 Å². The molecule has 0 aromatic carbocycles. The molecule has 2 atom stereocenters. The number of hydrogen-bond donors (Lipinski definition) is 3. The molecule has 4 nitrogen and oxygen atoms in total. The van der Waals surface area contributed by atoms with Crippen molar-refractivity contribution < 1.29 is 9.90 Å². The molecule has 2 unspecified atom stereocenters. The Hall–Kier alpha value is -0.610. The second-order valence-corrected chi connectivity index (χ2v) is 3.86. The summed E-state index contributed by atoms with van der Waals surface area (Å²) in [5.41, 5.74) is 5.36. The highest BCUT2D eigenvalue weighted by atomic mass is 16.3. The Morgan fingerprint density at radius 1 is 1.50 bits per heavy atom. The number of carbonyl (C=O) groups excluding carboxylic acids is 1. The fraction of sp³-hybridized carbons (Fsp3) is 0.900. The first-order chi connectivity index (χ1) is 6.61. The number of nitrogens with two attached hydrogens (primary N) is 1. The lowest BCUT2D eigenvalue weighted by Crippen LogP contribution is -2.33. The molecule has 0 saturated heterocycles. The molecule has 0 saturated carbocycles. The third kappa shape index (κ3) is 5.94. The lowest BCUT2D eigenvalue weighted by Gasteiger charge is -2.13. The van der Waals surface area contributed by atoms with Gasteiger partial charge in [-0.05, 0) is 25.3 Å². The van der Waals surface area contributed by atoms with Gasteiger partial charge in [0, 0.05) is 19.1 Å². The number of nitrogens with one attached hydrogen (secondary N) is 1. The quantitative estimate of drug-likeness (QED) is 0.548. The first kappa shape index (κ1) is 13.4. The van der Waals surface area contributed by atoms with Crippen molar-refractivity contribution in [3.05, 3.63) is 0 Å². The molecular formula is C10H22N2O2. The normalized spacial score (nSPS) is 14.9. The van der Waals surface area contributed by atoms with Crippen molar-refractivity contribution in [1.29, 1.82) is 0 Å². The van der Waals surface area contributed by atoms with Gasteiger partial charge in [0.1, 0.15) is 0 Å². The lowest BCUT2D eigenvalue weighted by molar-refractivity contribution is -0.124. The number of aliphatic hydroxyl groups is 1. The van der Waals surface area contributed by atoms with E-state index in [-0.39, 0.29) is 24.3 Å². The Kier molecular flexibility index (Phi) is 7.42. The van der Waals surface area contributed by atoms with Crippen LogP contribution in [-0.2, 0) is 4.79 Å². The van der Waals surface area contributed by atoms with Gasteiger partial charge in [-0.3, -0.25) is 4.79 Å². The maximum absolute atomic E-state index is 11.4. The Labute approximate surface area is 85.9 Å². The van der Waals surface area contributed by atoms with Crippen molar-refractivity contribution in [2.75, 3.05) is 19.7 Å². The minimum Gasteiger partial charge on any atom is -0.396 e. The second kappa shape index (κ2) is 7.76. The molecule has 0 heterocycles. The predicted octanol–water partition coefficient (Wildman–Crippen LogP) is 0.106. The summed E-state index contributed by atoms with van der Waals surface area (Å²) in [6.07, 6.45) is 1.71. The van der Waals surface area contributed by atoms with Gasteiger partial charge in [0.15, 0.2) is 0 Å². The van der Waals surface area contributed by atoms with Crippen LogP contribution >= 0.6 is 0 Å². The van der Waals surface area contributed by atoms with E-state index in [1.54, 1.807) is 0 Å². The van der Waals surface area contributed by atoms with Crippen molar-refractivity contribution in [1.82, 2.24) is 5.32 Å². The van der Waals surface area contributed by atoms with E-state index >= 15 is 0 Å². The molecule has 14 heavy (non-hydrogen) atoms. The standard InChI is InChI=1S/C10H22N2O2/c1-8(7-13)6-12-10(14)9(2)4-3-5-11/h8-9,13H,3-7,11H2,1-2H3,(H,12,14). The Morgan fingerprint density at radius 3 is 2.64 bits per heavy atom. The first-order valence-electron chi connectivity index (χ1n) is 5.20. The Bertz CT molecular complexity index is 162. The highest BCUT2D eigenvalue weighted by molar-refractivity contribution is 5.78. The van der Waals surface area contributed by atoms with Crippen LogP contribution in [0.4, 0.5) is 0 Å². The van der Waals surface area contributed by atoms with Gasteiger partial charge in [0.05, 0.1) is 0 Å². The van der Waals surface area contributed by atoms with E-state index in [9.17, 15) is 4.79 Å². The topological polar surface area (TPSA) is 75.3 Å². The van der Waals surface area contributed by atoms with Crippen molar-refractivity contribution in [2.24, 2.45) is 17.6 Å². The molecule has 0 rings (SSSR count).